The molecule has 96 valence electrons. The van der Waals surface area contributed by atoms with Gasteiger partial charge in [-0.05, 0) is 35.2 Å². The molecule has 2 aromatic rings. The molecule has 0 atom stereocenters. The fourth-order valence-corrected chi connectivity index (χ4v) is 2.33. The van der Waals surface area contributed by atoms with Gasteiger partial charge in [0.05, 0.1) is 12.8 Å². The van der Waals surface area contributed by atoms with Crippen molar-refractivity contribution in [3.63, 3.8) is 0 Å². The van der Waals surface area contributed by atoms with Gasteiger partial charge in [0.15, 0.2) is 0 Å². The first-order chi connectivity index (χ1) is 9.31. The molecule has 3 heteroatoms. The van der Waals surface area contributed by atoms with Crippen molar-refractivity contribution in [2.24, 2.45) is 5.10 Å². The summed E-state index contributed by atoms with van der Waals surface area (Å²) in [6.07, 6.45) is 2.83. The third-order valence-electron chi connectivity index (χ3n) is 3.35. The Balaban J connectivity index is 1.72. The molecule has 1 aliphatic rings. The number of benzene rings is 2. The van der Waals surface area contributed by atoms with Gasteiger partial charge in [-0.2, -0.15) is 5.10 Å². The van der Waals surface area contributed by atoms with E-state index in [1.807, 2.05) is 12.1 Å². The lowest BCUT2D eigenvalue weighted by Crippen LogP contribution is -2.25. The van der Waals surface area contributed by atoms with Crippen LogP contribution in [0.15, 0.2) is 53.6 Å². The van der Waals surface area contributed by atoms with Crippen molar-refractivity contribution in [2.75, 3.05) is 6.54 Å². The number of hydrogen-bond acceptors (Lipinski definition) is 3. The third-order valence-corrected chi connectivity index (χ3v) is 3.35. The SMILES string of the molecule is Oc1cccc(/C=N/N2CCc3ccccc3C2)c1. The van der Waals surface area contributed by atoms with E-state index >= 15 is 0 Å². The van der Waals surface area contributed by atoms with Gasteiger partial charge in [-0.15, -0.1) is 0 Å². The van der Waals surface area contributed by atoms with Gasteiger partial charge in [0, 0.05) is 6.54 Å². The quantitative estimate of drug-likeness (QED) is 0.834. The average Bonchev–Trinajstić information content (AvgIpc) is 2.45. The second-order valence-electron chi connectivity index (χ2n) is 4.75. The maximum atomic E-state index is 9.40. The second-order valence-corrected chi connectivity index (χ2v) is 4.75. The van der Waals surface area contributed by atoms with E-state index in [0.717, 1.165) is 25.1 Å². The Morgan fingerprint density at radius 3 is 2.74 bits per heavy atom. The summed E-state index contributed by atoms with van der Waals surface area (Å²) in [5, 5.41) is 16.0. The molecule has 19 heavy (non-hydrogen) atoms. The monoisotopic (exact) mass is 252 g/mol. The van der Waals surface area contributed by atoms with Gasteiger partial charge < -0.3 is 5.11 Å². The number of hydrazone groups is 1. The number of phenols is 1. The van der Waals surface area contributed by atoms with Crippen LogP contribution in [0.4, 0.5) is 0 Å². The Kier molecular flexibility index (Phi) is 3.19. The van der Waals surface area contributed by atoms with Gasteiger partial charge in [-0.1, -0.05) is 36.4 Å². The maximum Gasteiger partial charge on any atom is 0.116 e. The topological polar surface area (TPSA) is 35.8 Å². The molecule has 3 rings (SSSR count). The molecule has 0 aliphatic carbocycles. The van der Waals surface area contributed by atoms with Gasteiger partial charge in [0.25, 0.3) is 0 Å². The molecule has 0 aromatic heterocycles. The van der Waals surface area contributed by atoms with E-state index in [4.69, 9.17) is 0 Å². The van der Waals surface area contributed by atoms with E-state index in [9.17, 15) is 5.11 Å². The lowest BCUT2D eigenvalue weighted by molar-refractivity contribution is 0.269. The summed E-state index contributed by atoms with van der Waals surface area (Å²) in [5.74, 6) is 0.271. The molecule has 0 radical (unpaired) electrons. The van der Waals surface area contributed by atoms with Gasteiger partial charge in [0.1, 0.15) is 5.75 Å². The standard InChI is InChI=1S/C16H16N2O/c19-16-7-3-4-13(10-16)11-17-18-9-8-14-5-1-2-6-15(14)12-18/h1-7,10-11,19H,8-9,12H2/b17-11+. The van der Waals surface area contributed by atoms with Gasteiger partial charge in [-0.25, -0.2) is 0 Å². The Morgan fingerprint density at radius 2 is 1.89 bits per heavy atom. The highest BCUT2D eigenvalue weighted by atomic mass is 16.3. The molecule has 0 unspecified atom stereocenters. The number of fused-ring (bicyclic) bond motifs is 1. The molecule has 2 aromatic carbocycles. The van der Waals surface area contributed by atoms with E-state index < -0.39 is 0 Å². The Hall–Kier alpha value is -2.29. The zero-order chi connectivity index (χ0) is 13.1. The zero-order valence-corrected chi connectivity index (χ0v) is 10.7. The van der Waals surface area contributed by atoms with Crippen LogP contribution in [0.5, 0.6) is 5.75 Å². The number of aromatic hydroxyl groups is 1. The van der Waals surface area contributed by atoms with Crippen LogP contribution < -0.4 is 0 Å². The molecule has 1 aliphatic heterocycles. The van der Waals surface area contributed by atoms with E-state index in [-0.39, 0.29) is 5.75 Å². The molecule has 0 saturated heterocycles. The van der Waals surface area contributed by atoms with Crippen molar-refractivity contribution in [1.29, 1.82) is 0 Å². The van der Waals surface area contributed by atoms with Crippen LogP contribution in [-0.4, -0.2) is 22.9 Å². The van der Waals surface area contributed by atoms with Gasteiger partial charge >= 0.3 is 0 Å². The van der Waals surface area contributed by atoms with Crippen LogP contribution >= 0.6 is 0 Å². The number of rotatable bonds is 2. The normalized spacial score (nSPS) is 14.6. The van der Waals surface area contributed by atoms with Crippen molar-refractivity contribution >= 4 is 6.21 Å². The first kappa shape index (κ1) is 11.8. The number of nitrogens with zero attached hydrogens (tertiary/aromatic N) is 2. The van der Waals surface area contributed by atoms with Crippen LogP contribution in [0, 0.1) is 0 Å². The third kappa shape index (κ3) is 2.76. The highest BCUT2D eigenvalue weighted by Gasteiger charge is 2.13. The average molecular weight is 252 g/mol. The lowest BCUT2D eigenvalue weighted by Gasteiger charge is -2.26. The fourth-order valence-electron chi connectivity index (χ4n) is 2.33. The van der Waals surface area contributed by atoms with Crippen molar-refractivity contribution in [3.05, 3.63) is 65.2 Å². The summed E-state index contributed by atoms with van der Waals surface area (Å²) in [6, 6.07) is 15.6. The number of phenolic OH excluding ortho intramolecular Hbond substituents is 1. The summed E-state index contributed by atoms with van der Waals surface area (Å²) in [5.41, 5.74) is 3.69. The van der Waals surface area contributed by atoms with Crippen molar-refractivity contribution in [1.82, 2.24) is 5.01 Å². The summed E-state index contributed by atoms with van der Waals surface area (Å²) in [4.78, 5) is 0. The molecule has 0 bridgehead atoms. The summed E-state index contributed by atoms with van der Waals surface area (Å²) >= 11 is 0. The first-order valence-electron chi connectivity index (χ1n) is 6.46. The predicted molar refractivity (Wildman–Crippen MR) is 76.3 cm³/mol. The molecule has 3 nitrogen and oxygen atoms in total. The number of hydrogen-bond donors (Lipinski definition) is 1. The first-order valence-corrected chi connectivity index (χ1v) is 6.46. The van der Waals surface area contributed by atoms with Crippen molar-refractivity contribution in [2.45, 2.75) is 13.0 Å². The maximum absolute atomic E-state index is 9.40. The molecule has 1 heterocycles. The zero-order valence-electron chi connectivity index (χ0n) is 10.7. The summed E-state index contributed by atoms with van der Waals surface area (Å²) < 4.78 is 0. The van der Waals surface area contributed by atoms with E-state index in [0.29, 0.717) is 0 Å². The van der Waals surface area contributed by atoms with Crippen LogP contribution in [0.3, 0.4) is 0 Å². The minimum Gasteiger partial charge on any atom is -0.508 e. The van der Waals surface area contributed by atoms with Crippen molar-refractivity contribution < 1.29 is 5.11 Å². The predicted octanol–water partition coefficient (Wildman–Crippen LogP) is 2.78. The molecular weight excluding hydrogens is 236 g/mol. The highest BCUT2D eigenvalue weighted by molar-refractivity contribution is 5.79. The van der Waals surface area contributed by atoms with Gasteiger partial charge in [0.2, 0.25) is 0 Å². The van der Waals surface area contributed by atoms with Crippen LogP contribution in [0.25, 0.3) is 0 Å². The lowest BCUT2D eigenvalue weighted by atomic mass is 10.0. The Bertz CT molecular complexity index is 607. The van der Waals surface area contributed by atoms with Crippen LogP contribution in [0.1, 0.15) is 16.7 Å². The smallest absolute Gasteiger partial charge is 0.116 e. The Labute approximate surface area is 112 Å². The van der Waals surface area contributed by atoms with Crippen LogP contribution in [-0.2, 0) is 13.0 Å². The minimum absolute atomic E-state index is 0.271. The van der Waals surface area contributed by atoms with E-state index in [1.54, 1.807) is 18.3 Å². The van der Waals surface area contributed by atoms with Crippen LogP contribution in [0.2, 0.25) is 0 Å². The largest absolute Gasteiger partial charge is 0.508 e. The second kappa shape index (κ2) is 5.14. The molecular formula is C16H16N2O. The molecule has 0 fully saturated rings. The fraction of sp³-hybridized carbons (Fsp3) is 0.188. The molecule has 0 spiro atoms. The summed E-state index contributed by atoms with van der Waals surface area (Å²) in [6.45, 7) is 1.79. The molecule has 0 saturated carbocycles. The highest BCUT2D eigenvalue weighted by Crippen LogP contribution is 2.18. The minimum atomic E-state index is 0.271. The Morgan fingerprint density at radius 1 is 1.05 bits per heavy atom. The van der Waals surface area contributed by atoms with Crippen molar-refractivity contribution in [3.8, 4) is 5.75 Å². The van der Waals surface area contributed by atoms with E-state index in [1.165, 1.54) is 11.1 Å². The van der Waals surface area contributed by atoms with Gasteiger partial charge in [-0.3, -0.25) is 5.01 Å². The molecule has 1 N–H and O–H groups in total. The molecule has 0 amide bonds. The van der Waals surface area contributed by atoms with E-state index in [2.05, 4.69) is 34.4 Å². The summed E-state index contributed by atoms with van der Waals surface area (Å²) in [7, 11) is 0.